The van der Waals surface area contributed by atoms with Gasteiger partial charge >= 0.3 is 0 Å². The molecule has 1 aromatic carbocycles. The van der Waals surface area contributed by atoms with Gasteiger partial charge in [0.15, 0.2) is 10.8 Å². The maximum absolute atomic E-state index is 11.6. The van der Waals surface area contributed by atoms with Gasteiger partial charge in [-0.05, 0) is 31.1 Å². The number of fused-ring (bicyclic) bond motifs is 2. The standard InChI is InChI=1S/C20H18N8O2S/c21-18(30)14(22-10-29)7-11-9-23-28-17(24-12-5-6-12)8-16(26-19(11)28)27-20-25-13-3-1-2-4-15(13)31-20/h1-4,7-10,12,24H,5-6H2,(H2,21,30)(H,22,29)(H,25,26,27)/b14-7-. The number of carbonyl (C=O) groups excluding carboxylic acids is 2. The fourth-order valence-electron chi connectivity index (χ4n) is 3.12. The van der Waals surface area contributed by atoms with E-state index in [0.717, 1.165) is 28.9 Å². The van der Waals surface area contributed by atoms with Crippen molar-refractivity contribution in [3.8, 4) is 0 Å². The van der Waals surface area contributed by atoms with E-state index in [2.05, 4.69) is 31.0 Å². The Kier molecular flexibility index (Phi) is 4.71. The van der Waals surface area contributed by atoms with Crippen LogP contribution in [0.2, 0.25) is 0 Å². The molecular formula is C20H18N8O2S. The van der Waals surface area contributed by atoms with Gasteiger partial charge in [0.1, 0.15) is 17.3 Å². The fourth-order valence-corrected chi connectivity index (χ4v) is 4.00. The summed E-state index contributed by atoms with van der Waals surface area (Å²) < 4.78 is 2.73. The normalized spacial score (nSPS) is 14.0. The van der Waals surface area contributed by atoms with Crippen molar-refractivity contribution in [1.82, 2.24) is 24.9 Å². The molecule has 0 aliphatic heterocycles. The largest absolute Gasteiger partial charge is 0.367 e. The molecular weight excluding hydrogens is 416 g/mol. The molecule has 10 nitrogen and oxygen atoms in total. The quantitative estimate of drug-likeness (QED) is 0.246. The highest BCUT2D eigenvalue weighted by Gasteiger charge is 2.23. The van der Waals surface area contributed by atoms with Gasteiger partial charge in [0.2, 0.25) is 6.41 Å². The Hall–Kier alpha value is -3.99. The average Bonchev–Trinajstić information content (AvgIpc) is 3.32. The minimum Gasteiger partial charge on any atom is -0.367 e. The third-order valence-electron chi connectivity index (χ3n) is 4.74. The molecule has 1 aliphatic carbocycles. The Morgan fingerprint density at radius 1 is 1.26 bits per heavy atom. The number of hydrogen-bond donors (Lipinski definition) is 4. The number of nitrogens with one attached hydrogen (secondary N) is 3. The summed E-state index contributed by atoms with van der Waals surface area (Å²) in [6, 6.07) is 10.2. The molecule has 0 saturated heterocycles. The summed E-state index contributed by atoms with van der Waals surface area (Å²) in [5.74, 6) is 0.583. The molecule has 0 atom stereocenters. The summed E-state index contributed by atoms with van der Waals surface area (Å²) in [6.07, 6.45) is 5.60. The highest BCUT2D eigenvalue weighted by atomic mass is 32.1. The second-order valence-electron chi connectivity index (χ2n) is 7.08. The van der Waals surface area contributed by atoms with Gasteiger partial charge in [-0.2, -0.15) is 9.61 Å². The van der Waals surface area contributed by atoms with E-state index in [4.69, 9.17) is 5.73 Å². The summed E-state index contributed by atoms with van der Waals surface area (Å²) in [6.45, 7) is 0. The van der Waals surface area contributed by atoms with E-state index in [9.17, 15) is 9.59 Å². The van der Waals surface area contributed by atoms with Crippen molar-refractivity contribution in [2.45, 2.75) is 18.9 Å². The van der Waals surface area contributed by atoms with Crippen LogP contribution in [0.1, 0.15) is 18.4 Å². The van der Waals surface area contributed by atoms with Gasteiger partial charge in [-0.1, -0.05) is 23.5 Å². The number of primary amides is 1. The summed E-state index contributed by atoms with van der Waals surface area (Å²) in [5, 5.41) is 14.1. The molecule has 0 radical (unpaired) electrons. The first-order valence-electron chi connectivity index (χ1n) is 9.60. The molecule has 1 aliphatic rings. The molecule has 156 valence electrons. The zero-order chi connectivity index (χ0) is 21.4. The molecule has 3 aromatic heterocycles. The van der Waals surface area contributed by atoms with Crippen molar-refractivity contribution < 1.29 is 9.59 Å². The summed E-state index contributed by atoms with van der Waals surface area (Å²) in [5.41, 5.74) is 7.25. The van der Waals surface area contributed by atoms with Gasteiger partial charge < -0.3 is 21.7 Å². The Labute approximate surface area is 180 Å². The lowest BCUT2D eigenvalue weighted by Gasteiger charge is -2.10. The Morgan fingerprint density at radius 3 is 2.84 bits per heavy atom. The van der Waals surface area contributed by atoms with Gasteiger partial charge in [0.25, 0.3) is 5.91 Å². The number of rotatable bonds is 8. The number of thiazole rings is 1. The summed E-state index contributed by atoms with van der Waals surface area (Å²) in [4.78, 5) is 31.7. The Bertz CT molecular complexity index is 1300. The van der Waals surface area contributed by atoms with Crippen LogP contribution >= 0.6 is 11.3 Å². The molecule has 1 fully saturated rings. The average molecular weight is 434 g/mol. The van der Waals surface area contributed by atoms with E-state index < -0.39 is 5.91 Å². The lowest BCUT2D eigenvalue weighted by atomic mass is 10.2. The highest BCUT2D eigenvalue weighted by Crippen LogP contribution is 2.31. The van der Waals surface area contributed by atoms with Crippen LogP contribution in [0.4, 0.5) is 16.8 Å². The minimum absolute atomic E-state index is 0.0482. The smallest absolute Gasteiger partial charge is 0.265 e. The molecule has 0 spiro atoms. The van der Waals surface area contributed by atoms with E-state index in [1.165, 1.54) is 17.4 Å². The second-order valence-corrected chi connectivity index (χ2v) is 8.11. The first-order chi connectivity index (χ1) is 15.1. The molecule has 5 N–H and O–H groups in total. The molecule has 0 bridgehead atoms. The van der Waals surface area contributed by atoms with Crippen molar-refractivity contribution in [1.29, 1.82) is 0 Å². The molecule has 0 unspecified atom stereocenters. The van der Waals surface area contributed by atoms with Crippen LogP contribution in [0.25, 0.3) is 21.9 Å². The van der Waals surface area contributed by atoms with Crippen molar-refractivity contribution >= 4 is 62.4 Å². The number of hydrogen-bond acceptors (Lipinski definition) is 8. The molecule has 3 heterocycles. The number of carbonyl (C=O) groups is 2. The lowest BCUT2D eigenvalue weighted by molar-refractivity contribution is -0.116. The van der Waals surface area contributed by atoms with Crippen molar-refractivity contribution in [3.05, 3.63) is 47.8 Å². The fraction of sp³-hybridized carbons (Fsp3) is 0.150. The SMILES string of the molecule is NC(=O)/C(=C/c1cnn2c(NC3CC3)cc(Nc3nc4ccccc4s3)nc12)NC=O. The van der Waals surface area contributed by atoms with Crippen LogP contribution in [0.3, 0.4) is 0 Å². The Morgan fingerprint density at radius 2 is 2.10 bits per heavy atom. The van der Waals surface area contributed by atoms with Crippen molar-refractivity contribution in [2.75, 3.05) is 10.6 Å². The number of anilines is 3. The molecule has 11 heteroatoms. The third kappa shape index (κ3) is 3.90. The van der Waals surface area contributed by atoms with Gasteiger partial charge in [-0.25, -0.2) is 9.97 Å². The van der Waals surface area contributed by atoms with Crippen LogP contribution in [0.5, 0.6) is 0 Å². The lowest BCUT2D eigenvalue weighted by Crippen LogP contribution is -2.24. The molecule has 1 saturated carbocycles. The monoisotopic (exact) mass is 434 g/mol. The highest BCUT2D eigenvalue weighted by molar-refractivity contribution is 7.22. The van der Waals surface area contributed by atoms with Crippen LogP contribution in [-0.2, 0) is 9.59 Å². The molecule has 4 aromatic rings. The van der Waals surface area contributed by atoms with Gasteiger partial charge in [0.05, 0.1) is 16.4 Å². The number of amides is 2. The number of aromatic nitrogens is 4. The van der Waals surface area contributed by atoms with Gasteiger partial charge in [0, 0.05) is 17.7 Å². The Balaban J connectivity index is 1.58. The van der Waals surface area contributed by atoms with Crippen LogP contribution < -0.4 is 21.7 Å². The molecule has 2 amide bonds. The van der Waals surface area contributed by atoms with Crippen LogP contribution in [-0.4, -0.2) is 37.9 Å². The van der Waals surface area contributed by atoms with E-state index in [1.807, 2.05) is 30.3 Å². The predicted octanol–water partition coefficient (Wildman–Crippen LogP) is 2.23. The summed E-state index contributed by atoms with van der Waals surface area (Å²) in [7, 11) is 0. The van der Waals surface area contributed by atoms with E-state index in [0.29, 0.717) is 34.6 Å². The summed E-state index contributed by atoms with van der Waals surface area (Å²) >= 11 is 1.53. The first-order valence-corrected chi connectivity index (χ1v) is 10.4. The maximum atomic E-state index is 11.6. The van der Waals surface area contributed by atoms with Crippen LogP contribution in [0.15, 0.2) is 42.2 Å². The van der Waals surface area contributed by atoms with Crippen molar-refractivity contribution in [3.63, 3.8) is 0 Å². The number of benzene rings is 1. The molecule has 5 rings (SSSR count). The second kappa shape index (κ2) is 7.69. The van der Waals surface area contributed by atoms with Gasteiger partial charge in [-0.15, -0.1) is 0 Å². The zero-order valence-electron chi connectivity index (χ0n) is 16.2. The topological polar surface area (TPSA) is 139 Å². The number of nitrogens with two attached hydrogens (primary N) is 1. The zero-order valence-corrected chi connectivity index (χ0v) is 17.0. The number of nitrogens with zero attached hydrogens (tertiary/aromatic N) is 4. The van der Waals surface area contributed by atoms with E-state index in [1.54, 1.807) is 10.7 Å². The molecule has 31 heavy (non-hydrogen) atoms. The van der Waals surface area contributed by atoms with Gasteiger partial charge in [-0.3, -0.25) is 9.59 Å². The third-order valence-corrected chi connectivity index (χ3v) is 5.69. The van der Waals surface area contributed by atoms with E-state index in [-0.39, 0.29) is 5.70 Å². The predicted molar refractivity (Wildman–Crippen MR) is 119 cm³/mol. The number of para-hydroxylation sites is 1. The first kappa shape index (κ1) is 19.0. The minimum atomic E-state index is -0.758. The maximum Gasteiger partial charge on any atom is 0.265 e. The van der Waals surface area contributed by atoms with Crippen LogP contribution in [0, 0.1) is 0 Å². The van der Waals surface area contributed by atoms with Crippen molar-refractivity contribution in [2.24, 2.45) is 5.73 Å². The van der Waals surface area contributed by atoms with E-state index >= 15 is 0 Å².